The van der Waals surface area contributed by atoms with Gasteiger partial charge in [0.1, 0.15) is 0 Å². The van der Waals surface area contributed by atoms with Gasteiger partial charge in [0.2, 0.25) is 0 Å². The summed E-state index contributed by atoms with van der Waals surface area (Å²) < 4.78 is 0. The van der Waals surface area contributed by atoms with Crippen LogP contribution in [0.2, 0.25) is 0 Å². The number of hydrogen-bond donors (Lipinski definition) is 1. The second kappa shape index (κ2) is 5.23. The first-order valence-electron chi connectivity index (χ1n) is 8.33. The average Bonchev–Trinajstić information content (AvgIpc) is 2.63. The first-order chi connectivity index (χ1) is 10.2. The second-order valence-corrected chi connectivity index (χ2v) is 8.93. The van der Waals surface area contributed by atoms with Crippen LogP contribution in [0.4, 0.5) is 5.69 Å². The maximum absolute atomic E-state index is 5.78. The molecule has 1 aromatic rings. The summed E-state index contributed by atoms with van der Waals surface area (Å²) in [6.07, 6.45) is 3.83. The van der Waals surface area contributed by atoms with E-state index in [-0.39, 0.29) is 0 Å². The predicted molar refractivity (Wildman–Crippen MR) is 98.4 cm³/mol. The molecule has 1 saturated heterocycles. The molecule has 3 rings (SSSR count). The maximum Gasteiger partial charge on any atom is 0.173 e. The number of anilines is 1. The van der Waals surface area contributed by atoms with Crippen LogP contribution in [-0.2, 0) is 0 Å². The van der Waals surface area contributed by atoms with Crippen LogP contribution in [0, 0.1) is 24.7 Å². The molecule has 1 N–H and O–H groups in total. The highest BCUT2D eigenvalue weighted by molar-refractivity contribution is 7.80. The van der Waals surface area contributed by atoms with Gasteiger partial charge in [0.05, 0.1) is 0 Å². The van der Waals surface area contributed by atoms with Crippen molar-refractivity contribution in [1.82, 2.24) is 4.90 Å². The van der Waals surface area contributed by atoms with Gasteiger partial charge in [-0.3, -0.25) is 0 Å². The van der Waals surface area contributed by atoms with Crippen molar-refractivity contribution in [2.45, 2.75) is 59.9 Å². The zero-order valence-corrected chi connectivity index (χ0v) is 15.3. The van der Waals surface area contributed by atoms with Gasteiger partial charge in [-0.05, 0) is 67.3 Å². The molecule has 1 aromatic carbocycles. The number of hydrogen-bond acceptors (Lipinski definition) is 1. The molecule has 3 heteroatoms. The van der Waals surface area contributed by atoms with E-state index in [1.807, 2.05) is 0 Å². The minimum atomic E-state index is 0.416. The zero-order valence-electron chi connectivity index (χ0n) is 14.5. The predicted octanol–water partition coefficient (Wildman–Crippen LogP) is 4.90. The molecule has 0 unspecified atom stereocenters. The van der Waals surface area contributed by atoms with E-state index in [0.29, 0.717) is 16.9 Å². The smallest absolute Gasteiger partial charge is 0.173 e. The highest BCUT2D eigenvalue weighted by Crippen LogP contribution is 2.52. The fourth-order valence-corrected chi connectivity index (χ4v) is 5.20. The number of fused-ring (bicyclic) bond motifs is 2. The van der Waals surface area contributed by atoms with Gasteiger partial charge in [0.15, 0.2) is 5.11 Å². The molecular weight excluding hydrogens is 288 g/mol. The quantitative estimate of drug-likeness (QED) is 0.742. The normalized spacial score (nSPS) is 29.5. The van der Waals surface area contributed by atoms with E-state index >= 15 is 0 Å². The van der Waals surface area contributed by atoms with E-state index in [0.717, 1.165) is 11.7 Å². The van der Waals surface area contributed by atoms with Crippen LogP contribution in [0.5, 0.6) is 0 Å². The number of nitrogens with zero attached hydrogens (tertiary/aromatic N) is 1. The van der Waals surface area contributed by atoms with E-state index < -0.39 is 0 Å². The van der Waals surface area contributed by atoms with Crippen molar-refractivity contribution in [1.29, 1.82) is 0 Å². The summed E-state index contributed by atoms with van der Waals surface area (Å²) in [7, 11) is 0. The molecule has 2 nitrogen and oxygen atoms in total. The van der Waals surface area contributed by atoms with Crippen LogP contribution in [0.15, 0.2) is 18.2 Å². The third kappa shape index (κ3) is 2.88. The molecule has 22 heavy (non-hydrogen) atoms. The standard InChI is InChI=1S/C19H28N2S/c1-13-7-6-8-14(2)16(13)20-17(22)21-12-19(5)10-15(21)9-18(3,4)11-19/h6-8,15H,9-12H2,1-5H3,(H,20,22)/t15-,19-/m1/s1. The molecule has 2 aliphatic rings. The fraction of sp³-hybridized carbons (Fsp3) is 0.632. The highest BCUT2D eigenvalue weighted by atomic mass is 32.1. The molecule has 2 fully saturated rings. The van der Waals surface area contributed by atoms with Crippen molar-refractivity contribution >= 4 is 23.0 Å². The van der Waals surface area contributed by atoms with Crippen molar-refractivity contribution in [3.8, 4) is 0 Å². The molecule has 0 radical (unpaired) electrons. The Hall–Kier alpha value is -1.09. The molecule has 0 aromatic heterocycles. The van der Waals surface area contributed by atoms with Crippen LogP contribution in [0.1, 0.15) is 51.2 Å². The minimum Gasteiger partial charge on any atom is -0.345 e. The summed E-state index contributed by atoms with van der Waals surface area (Å²) in [5, 5.41) is 4.44. The summed E-state index contributed by atoms with van der Waals surface area (Å²) in [4.78, 5) is 2.45. The van der Waals surface area contributed by atoms with Crippen molar-refractivity contribution in [3.05, 3.63) is 29.3 Å². The Bertz CT molecular complexity index is 587. The van der Waals surface area contributed by atoms with E-state index in [1.54, 1.807) is 0 Å². The van der Waals surface area contributed by atoms with E-state index in [9.17, 15) is 0 Å². The summed E-state index contributed by atoms with van der Waals surface area (Å²) in [6.45, 7) is 12.6. The van der Waals surface area contributed by atoms with Crippen molar-refractivity contribution in [3.63, 3.8) is 0 Å². The molecule has 0 spiro atoms. The Labute approximate surface area is 140 Å². The maximum atomic E-state index is 5.78. The Morgan fingerprint density at radius 3 is 2.45 bits per heavy atom. The van der Waals surface area contributed by atoms with E-state index in [4.69, 9.17) is 12.2 Å². The molecule has 120 valence electrons. The zero-order chi connectivity index (χ0) is 16.1. The average molecular weight is 317 g/mol. The van der Waals surface area contributed by atoms with E-state index in [2.05, 4.69) is 63.0 Å². The summed E-state index contributed by atoms with van der Waals surface area (Å²) in [5.74, 6) is 0. The lowest BCUT2D eigenvalue weighted by Gasteiger charge is -2.39. The third-order valence-electron chi connectivity index (χ3n) is 5.39. The second-order valence-electron chi connectivity index (χ2n) is 8.54. The largest absolute Gasteiger partial charge is 0.345 e. The number of benzene rings is 1. The summed E-state index contributed by atoms with van der Waals surface area (Å²) >= 11 is 5.78. The SMILES string of the molecule is Cc1cccc(C)c1NC(=S)N1C[C@]2(C)C[C@H]1CC(C)(C)C2. The molecule has 1 saturated carbocycles. The van der Waals surface area contributed by atoms with Crippen molar-refractivity contribution in [2.24, 2.45) is 10.8 Å². The molecule has 0 amide bonds. The van der Waals surface area contributed by atoms with Crippen LogP contribution < -0.4 is 5.32 Å². The van der Waals surface area contributed by atoms with Gasteiger partial charge >= 0.3 is 0 Å². The lowest BCUT2D eigenvalue weighted by atomic mass is 9.65. The number of nitrogens with one attached hydrogen (secondary N) is 1. The molecular formula is C19H28N2S. The van der Waals surface area contributed by atoms with Crippen LogP contribution >= 0.6 is 12.2 Å². The van der Waals surface area contributed by atoms with Gasteiger partial charge in [-0.15, -0.1) is 0 Å². The van der Waals surface area contributed by atoms with Gasteiger partial charge < -0.3 is 10.2 Å². The topological polar surface area (TPSA) is 15.3 Å². The number of aryl methyl sites for hydroxylation is 2. The van der Waals surface area contributed by atoms with Gasteiger partial charge in [-0.1, -0.05) is 39.0 Å². The van der Waals surface area contributed by atoms with Gasteiger partial charge in [-0.2, -0.15) is 0 Å². The fourth-order valence-electron chi connectivity index (χ4n) is 4.89. The monoisotopic (exact) mass is 316 g/mol. The number of thiocarbonyl (C=S) groups is 1. The number of likely N-dealkylation sites (tertiary alicyclic amines) is 1. The van der Waals surface area contributed by atoms with Gasteiger partial charge in [0.25, 0.3) is 0 Å². The first-order valence-corrected chi connectivity index (χ1v) is 8.74. The Balaban J connectivity index is 1.79. The third-order valence-corrected chi connectivity index (χ3v) is 5.73. The van der Waals surface area contributed by atoms with Gasteiger partial charge in [0, 0.05) is 18.3 Å². The minimum absolute atomic E-state index is 0.416. The molecule has 2 bridgehead atoms. The van der Waals surface area contributed by atoms with Crippen LogP contribution in [0.25, 0.3) is 0 Å². The van der Waals surface area contributed by atoms with E-state index in [1.165, 1.54) is 36.1 Å². The lowest BCUT2D eigenvalue weighted by Crippen LogP contribution is -2.40. The number of rotatable bonds is 1. The Morgan fingerprint density at radius 1 is 1.18 bits per heavy atom. The molecule has 1 aliphatic heterocycles. The van der Waals surface area contributed by atoms with Crippen LogP contribution in [-0.4, -0.2) is 22.6 Å². The number of para-hydroxylation sites is 1. The molecule has 1 aliphatic carbocycles. The highest BCUT2D eigenvalue weighted by Gasteiger charge is 2.50. The molecule has 1 heterocycles. The Kier molecular flexibility index (Phi) is 3.75. The van der Waals surface area contributed by atoms with Crippen molar-refractivity contribution in [2.75, 3.05) is 11.9 Å². The van der Waals surface area contributed by atoms with Crippen molar-refractivity contribution < 1.29 is 0 Å². The lowest BCUT2D eigenvalue weighted by molar-refractivity contribution is 0.132. The van der Waals surface area contributed by atoms with Crippen LogP contribution in [0.3, 0.4) is 0 Å². The molecule has 2 atom stereocenters. The summed E-state index contributed by atoms with van der Waals surface area (Å²) in [5.41, 5.74) is 4.55. The first kappa shape index (κ1) is 15.8. The Morgan fingerprint density at radius 2 is 1.82 bits per heavy atom. The van der Waals surface area contributed by atoms with Gasteiger partial charge in [-0.25, -0.2) is 0 Å². The summed E-state index contributed by atoms with van der Waals surface area (Å²) in [6, 6.07) is 6.99.